The quantitative estimate of drug-likeness (QED) is 0.219. The number of hydrogen-bond donors (Lipinski definition) is 0. The summed E-state index contributed by atoms with van der Waals surface area (Å²) in [5, 5.41) is 11.8. The Morgan fingerprint density at radius 3 is 2.47 bits per heavy atom. The Hall–Kier alpha value is -4.63. The van der Waals surface area contributed by atoms with Crippen molar-refractivity contribution in [3.8, 4) is 17.8 Å². The van der Waals surface area contributed by atoms with Gasteiger partial charge in [0.2, 0.25) is 0 Å². The number of nitriles is 1. The lowest BCUT2D eigenvalue weighted by Gasteiger charge is -2.42. The van der Waals surface area contributed by atoms with E-state index in [1.807, 2.05) is 71.9 Å². The summed E-state index contributed by atoms with van der Waals surface area (Å²) in [7, 11) is 2.12. The van der Waals surface area contributed by atoms with Crippen LogP contribution in [0.3, 0.4) is 0 Å². The average Bonchev–Trinajstić information content (AvgIpc) is 3.50. The van der Waals surface area contributed by atoms with Gasteiger partial charge in [0, 0.05) is 61.3 Å². The Morgan fingerprint density at radius 2 is 1.76 bits per heavy atom. The number of amides is 1. The van der Waals surface area contributed by atoms with Crippen LogP contribution in [0.25, 0.3) is 10.8 Å². The molecule has 4 heterocycles. The minimum atomic E-state index is -0.641. The fourth-order valence-corrected chi connectivity index (χ4v) is 7.01. The molecule has 2 saturated heterocycles. The Balaban J connectivity index is 1.33. The van der Waals surface area contributed by atoms with E-state index in [4.69, 9.17) is 24.2 Å². The summed E-state index contributed by atoms with van der Waals surface area (Å²) in [5.41, 5.74) is 1.60. The van der Waals surface area contributed by atoms with Crippen LogP contribution in [0.15, 0.2) is 36.4 Å². The third-order valence-corrected chi connectivity index (χ3v) is 9.67. The molecule has 272 valence electrons. The van der Waals surface area contributed by atoms with Crippen LogP contribution in [0.2, 0.25) is 0 Å². The largest absolute Gasteiger partial charge is 0.463 e. The molecule has 51 heavy (non-hydrogen) atoms. The first-order chi connectivity index (χ1) is 24.2. The van der Waals surface area contributed by atoms with Gasteiger partial charge in [-0.05, 0) is 79.4 Å². The molecule has 2 fully saturated rings. The van der Waals surface area contributed by atoms with E-state index >= 15 is 0 Å². The van der Waals surface area contributed by atoms with Crippen molar-refractivity contribution >= 4 is 34.3 Å². The molecule has 12 nitrogen and oxygen atoms in total. The molecule has 0 radical (unpaired) electrons. The fraction of sp³-hybridized carbons (Fsp3) is 0.564. The van der Waals surface area contributed by atoms with E-state index < -0.39 is 17.1 Å². The number of hydrogen-bond acceptors (Lipinski definition) is 11. The normalized spacial score (nSPS) is 19.8. The number of piperazine rings is 1. The van der Waals surface area contributed by atoms with Crippen LogP contribution >= 0.6 is 0 Å². The third kappa shape index (κ3) is 8.47. The van der Waals surface area contributed by atoms with E-state index in [2.05, 4.69) is 33.9 Å². The molecule has 0 saturated carbocycles. The second-order valence-electron chi connectivity index (χ2n) is 16.1. The Kier molecular flexibility index (Phi) is 10.3. The summed E-state index contributed by atoms with van der Waals surface area (Å²) < 4.78 is 17.9. The summed E-state index contributed by atoms with van der Waals surface area (Å²) in [6, 6.07) is 14.3. The highest BCUT2D eigenvalue weighted by atomic mass is 16.6. The maximum absolute atomic E-state index is 13.2. The number of anilines is 2. The number of likely N-dealkylation sites (tertiary alicyclic amines) is 1. The lowest BCUT2D eigenvalue weighted by atomic mass is 9.97. The molecule has 2 atom stereocenters. The number of ether oxygens (including phenoxy) is 3. The molecule has 12 heteroatoms. The number of fused-ring (bicyclic) bond motifs is 2. The SMILES string of the molecule is CN1CC[C@@H](COc2nc3c(c(N4CCN(C(=O)OC(C)(C)C)[C@H](CC#N)C4)n2)CCN(c2cc(OC(=O)C(C)(C)C)cc4ccccc24)C3)C1. The molecule has 3 aliphatic heterocycles. The van der Waals surface area contributed by atoms with Crippen molar-refractivity contribution in [2.24, 2.45) is 11.3 Å². The number of esters is 1. The number of nitrogens with zero attached hydrogens (tertiary/aromatic N) is 7. The molecular formula is C39H51N7O5. The first-order valence-corrected chi connectivity index (χ1v) is 18.0. The van der Waals surface area contributed by atoms with Crippen LogP contribution in [0.5, 0.6) is 11.8 Å². The van der Waals surface area contributed by atoms with Crippen LogP contribution < -0.4 is 19.3 Å². The predicted molar refractivity (Wildman–Crippen MR) is 196 cm³/mol. The van der Waals surface area contributed by atoms with E-state index in [0.717, 1.165) is 53.0 Å². The van der Waals surface area contributed by atoms with Gasteiger partial charge >= 0.3 is 18.1 Å². The molecule has 0 unspecified atom stereocenters. The highest BCUT2D eigenvalue weighted by molar-refractivity contribution is 5.96. The summed E-state index contributed by atoms with van der Waals surface area (Å²) in [6.07, 6.45) is 1.51. The zero-order chi connectivity index (χ0) is 36.5. The maximum Gasteiger partial charge on any atom is 0.410 e. The minimum Gasteiger partial charge on any atom is -0.463 e. The van der Waals surface area contributed by atoms with E-state index in [-0.39, 0.29) is 18.4 Å². The molecule has 0 bridgehead atoms. The average molecular weight is 698 g/mol. The Labute approximate surface area is 301 Å². The molecule has 0 aliphatic carbocycles. The monoisotopic (exact) mass is 697 g/mol. The molecule has 0 N–H and O–H groups in total. The fourth-order valence-electron chi connectivity index (χ4n) is 7.01. The van der Waals surface area contributed by atoms with Gasteiger partial charge in [-0.25, -0.2) is 4.79 Å². The number of carbonyl (C=O) groups excluding carboxylic acids is 2. The molecule has 6 rings (SSSR count). The standard InChI is InChI=1S/C39H51N7O5/c1-38(2,3)35(47)50-29-20-27-10-8-9-11-30(27)33(21-29)44-17-14-31-32(24-44)41-36(49-25-26-13-16-43(7)22-26)42-34(31)45-18-19-46(28(23-45)12-15-40)37(48)51-39(4,5)6/h8-11,20-21,26,28H,12-14,16-19,22-25H2,1-7H3/t26-,28-/m1/s1. The predicted octanol–water partition coefficient (Wildman–Crippen LogP) is 5.81. The van der Waals surface area contributed by atoms with Gasteiger partial charge in [0.15, 0.2) is 0 Å². The Bertz CT molecular complexity index is 1810. The lowest BCUT2D eigenvalue weighted by molar-refractivity contribution is -0.142. The summed E-state index contributed by atoms with van der Waals surface area (Å²) in [4.78, 5) is 44.5. The highest BCUT2D eigenvalue weighted by Gasteiger charge is 2.36. The second kappa shape index (κ2) is 14.5. The third-order valence-electron chi connectivity index (χ3n) is 9.67. The van der Waals surface area contributed by atoms with Crippen LogP contribution in [0.1, 0.15) is 65.6 Å². The zero-order valence-electron chi connectivity index (χ0n) is 31.1. The van der Waals surface area contributed by atoms with Gasteiger partial charge in [-0.2, -0.15) is 15.2 Å². The molecule has 2 aromatic carbocycles. The summed E-state index contributed by atoms with van der Waals surface area (Å²) >= 11 is 0. The maximum atomic E-state index is 13.2. The van der Waals surface area contributed by atoms with Gasteiger partial charge in [0.05, 0.1) is 42.8 Å². The number of aromatic nitrogens is 2. The van der Waals surface area contributed by atoms with Crippen molar-refractivity contribution in [2.45, 2.75) is 79.0 Å². The van der Waals surface area contributed by atoms with Gasteiger partial charge in [0.1, 0.15) is 17.2 Å². The van der Waals surface area contributed by atoms with Crippen LogP contribution in [0, 0.1) is 22.7 Å². The molecule has 1 amide bonds. The smallest absolute Gasteiger partial charge is 0.410 e. The Morgan fingerprint density at radius 1 is 0.980 bits per heavy atom. The highest BCUT2D eigenvalue weighted by Crippen LogP contribution is 2.38. The topological polar surface area (TPSA) is 124 Å². The van der Waals surface area contributed by atoms with Crippen molar-refractivity contribution in [1.82, 2.24) is 19.8 Å². The van der Waals surface area contributed by atoms with Crippen molar-refractivity contribution in [3.63, 3.8) is 0 Å². The minimum absolute atomic E-state index is 0.179. The molecule has 1 aromatic heterocycles. The van der Waals surface area contributed by atoms with Crippen LogP contribution in [-0.4, -0.2) is 96.4 Å². The van der Waals surface area contributed by atoms with Crippen LogP contribution in [-0.2, 0) is 22.5 Å². The summed E-state index contributed by atoms with van der Waals surface area (Å²) in [5.74, 6) is 1.41. The van der Waals surface area contributed by atoms with Gasteiger partial charge < -0.3 is 33.8 Å². The van der Waals surface area contributed by atoms with E-state index in [0.29, 0.717) is 63.4 Å². The molecular weight excluding hydrogens is 646 g/mol. The van der Waals surface area contributed by atoms with Crippen LogP contribution in [0.4, 0.5) is 16.3 Å². The van der Waals surface area contributed by atoms with E-state index in [9.17, 15) is 14.9 Å². The van der Waals surface area contributed by atoms with Crippen molar-refractivity contribution < 1.29 is 23.8 Å². The number of rotatable bonds is 7. The first kappa shape index (κ1) is 36.2. The van der Waals surface area contributed by atoms with Crippen molar-refractivity contribution in [2.75, 3.05) is 62.7 Å². The van der Waals surface area contributed by atoms with Gasteiger partial charge in [-0.15, -0.1) is 0 Å². The number of benzene rings is 2. The molecule has 3 aliphatic rings. The lowest BCUT2D eigenvalue weighted by Crippen LogP contribution is -2.56. The molecule has 3 aromatic rings. The summed E-state index contributed by atoms with van der Waals surface area (Å²) in [6.45, 7) is 16.2. The van der Waals surface area contributed by atoms with Gasteiger partial charge in [0.25, 0.3) is 0 Å². The first-order valence-electron chi connectivity index (χ1n) is 18.0. The molecule has 0 spiro atoms. The van der Waals surface area contributed by atoms with E-state index in [1.54, 1.807) is 4.90 Å². The van der Waals surface area contributed by atoms with E-state index in [1.165, 1.54) is 0 Å². The van der Waals surface area contributed by atoms with Gasteiger partial charge in [-0.1, -0.05) is 24.3 Å². The van der Waals surface area contributed by atoms with Gasteiger partial charge in [-0.3, -0.25) is 4.79 Å². The second-order valence-corrected chi connectivity index (χ2v) is 16.1. The van der Waals surface area contributed by atoms with Crippen molar-refractivity contribution in [3.05, 3.63) is 47.7 Å². The number of carbonyl (C=O) groups is 2. The van der Waals surface area contributed by atoms with Crippen molar-refractivity contribution in [1.29, 1.82) is 5.26 Å². The zero-order valence-corrected chi connectivity index (χ0v) is 31.1.